The maximum Gasteiger partial charge on any atom is 0.239 e. The Hall–Kier alpha value is -2.15. The van der Waals surface area contributed by atoms with E-state index in [-0.39, 0.29) is 0 Å². The monoisotopic (exact) mass is 245 g/mol. The van der Waals surface area contributed by atoms with Crippen LogP contribution < -0.4 is 16.2 Å². The zero-order chi connectivity index (χ0) is 12.5. The molecule has 7 nitrogen and oxygen atoms in total. The smallest absolute Gasteiger partial charge is 0.239 e. The number of nitrogens with zero attached hydrogens (tertiary/aromatic N) is 5. The molecule has 0 unspecified atom stereocenters. The Balaban J connectivity index is 1.92. The SMILES string of the molecule is Cc1cnc(NN)nc1N1CCn2ccnc2C1. The van der Waals surface area contributed by atoms with Gasteiger partial charge in [0.2, 0.25) is 5.95 Å². The third-order valence-electron chi connectivity index (χ3n) is 3.12. The molecule has 3 heterocycles. The number of nitrogens with two attached hydrogens (primary N) is 1. The number of hydrazine groups is 1. The van der Waals surface area contributed by atoms with Crippen LogP contribution in [0.2, 0.25) is 0 Å². The summed E-state index contributed by atoms with van der Waals surface area (Å²) in [6.45, 7) is 4.58. The lowest BCUT2D eigenvalue weighted by molar-refractivity contribution is 0.555. The van der Waals surface area contributed by atoms with Gasteiger partial charge < -0.3 is 9.47 Å². The molecule has 0 amide bonds. The van der Waals surface area contributed by atoms with E-state index in [2.05, 4.69) is 29.8 Å². The number of imidazole rings is 1. The van der Waals surface area contributed by atoms with Crippen molar-refractivity contribution in [2.45, 2.75) is 20.0 Å². The van der Waals surface area contributed by atoms with Crippen molar-refractivity contribution >= 4 is 11.8 Å². The van der Waals surface area contributed by atoms with Gasteiger partial charge in [0.15, 0.2) is 0 Å². The fourth-order valence-electron chi connectivity index (χ4n) is 2.18. The Morgan fingerprint density at radius 1 is 1.33 bits per heavy atom. The van der Waals surface area contributed by atoms with Crippen LogP contribution in [0.5, 0.6) is 0 Å². The summed E-state index contributed by atoms with van der Waals surface area (Å²) in [6.07, 6.45) is 5.61. The molecule has 0 radical (unpaired) electrons. The molecule has 0 aliphatic carbocycles. The lowest BCUT2D eigenvalue weighted by atomic mass is 10.3. The normalized spacial score (nSPS) is 14.4. The molecule has 0 saturated heterocycles. The first-order valence-electron chi connectivity index (χ1n) is 5.83. The topological polar surface area (TPSA) is 84.9 Å². The molecule has 3 rings (SSSR count). The highest BCUT2D eigenvalue weighted by atomic mass is 15.3. The van der Waals surface area contributed by atoms with E-state index in [1.54, 1.807) is 6.20 Å². The Morgan fingerprint density at radius 2 is 2.22 bits per heavy atom. The molecule has 0 atom stereocenters. The Bertz CT molecular complexity index is 562. The van der Waals surface area contributed by atoms with Gasteiger partial charge in [-0.15, -0.1) is 0 Å². The van der Waals surface area contributed by atoms with Crippen LogP contribution in [0.1, 0.15) is 11.4 Å². The second-order valence-electron chi connectivity index (χ2n) is 4.30. The highest BCUT2D eigenvalue weighted by Crippen LogP contribution is 2.22. The Morgan fingerprint density at radius 3 is 3.06 bits per heavy atom. The van der Waals surface area contributed by atoms with Crippen LogP contribution in [0.25, 0.3) is 0 Å². The molecule has 1 aliphatic heterocycles. The van der Waals surface area contributed by atoms with Crippen LogP contribution in [0.15, 0.2) is 18.6 Å². The predicted octanol–water partition coefficient (Wildman–Crippen LogP) is 0.287. The van der Waals surface area contributed by atoms with Gasteiger partial charge in [0.1, 0.15) is 11.6 Å². The Kier molecular flexibility index (Phi) is 2.60. The van der Waals surface area contributed by atoms with Crippen LogP contribution in [-0.2, 0) is 13.1 Å². The number of nitrogen functional groups attached to an aromatic ring is 1. The van der Waals surface area contributed by atoms with Crippen molar-refractivity contribution in [2.24, 2.45) is 5.84 Å². The molecular formula is C11H15N7. The third kappa shape index (κ3) is 1.78. The minimum atomic E-state index is 0.435. The number of hydrogen-bond donors (Lipinski definition) is 2. The van der Waals surface area contributed by atoms with Crippen LogP contribution in [-0.4, -0.2) is 26.1 Å². The molecule has 0 fully saturated rings. The molecule has 18 heavy (non-hydrogen) atoms. The zero-order valence-electron chi connectivity index (χ0n) is 10.2. The number of nitrogens with one attached hydrogen (secondary N) is 1. The summed E-state index contributed by atoms with van der Waals surface area (Å²) in [5.74, 6) is 7.75. The van der Waals surface area contributed by atoms with E-state index in [1.807, 2.05) is 19.3 Å². The van der Waals surface area contributed by atoms with Gasteiger partial charge in [-0.25, -0.2) is 15.8 Å². The largest absolute Gasteiger partial charge is 0.347 e. The first-order valence-corrected chi connectivity index (χ1v) is 5.83. The van der Waals surface area contributed by atoms with E-state index in [1.165, 1.54) is 0 Å². The molecule has 3 N–H and O–H groups in total. The maximum atomic E-state index is 5.35. The number of anilines is 2. The molecule has 7 heteroatoms. The average Bonchev–Trinajstić information content (AvgIpc) is 2.86. The van der Waals surface area contributed by atoms with Crippen molar-refractivity contribution in [3.05, 3.63) is 30.0 Å². The minimum Gasteiger partial charge on any atom is -0.347 e. The number of hydrogen-bond acceptors (Lipinski definition) is 6. The number of aryl methyl sites for hydroxylation is 1. The van der Waals surface area contributed by atoms with Gasteiger partial charge in [-0.1, -0.05) is 0 Å². The van der Waals surface area contributed by atoms with E-state index < -0.39 is 0 Å². The van der Waals surface area contributed by atoms with Gasteiger partial charge in [0, 0.05) is 37.2 Å². The molecule has 2 aromatic rings. The van der Waals surface area contributed by atoms with E-state index in [9.17, 15) is 0 Å². The van der Waals surface area contributed by atoms with Crippen LogP contribution in [0, 0.1) is 6.92 Å². The van der Waals surface area contributed by atoms with E-state index in [4.69, 9.17) is 5.84 Å². The van der Waals surface area contributed by atoms with Crippen LogP contribution >= 0.6 is 0 Å². The molecule has 94 valence electrons. The maximum absolute atomic E-state index is 5.35. The fraction of sp³-hybridized carbons (Fsp3) is 0.364. The molecule has 0 bridgehead atoms. The number of aromatic nitrogens is 4. The first-order chi connectivity index (χ1) is 8.78. The van der Waals surface area contributed by atoms with Gasteiger partial charge in [0.05, 0.1) is 6.54 Å². The summed E-state index contributed by atoms with van der Waals surface area (Å²) in [5.41, 5.74) is 3.51. The summed E-state index contributed by atoms with van der Waals surface area (Å²) in [6, 6.07) is 0. The summed E-state index contributed by atoms with van der Waals surface area (Å²) < 4.78 is 2.16. The van der Waals surface area contributed by atoms with E-state index in [0.29, 0.717) is 5.95 Å². The summed E-state index contributed by atoms with van der Waals surface area (Å²) >= 11 is 0. The van der Waals surface area contributed by atoms with Crippen molar-refractivity contribution in [3.8, 4) is 0 Å². The highest BCUT2D eigenvalue weighted by molar-refractivity contribution is 5.49. The van der Waals surface area contributed by atoms with Crippen LogP contribution in [0.4, 0.5) is 11.8 Å². The standard InChI is InChI=1S/C11H15N7/c1-8-6-14-11(16-12)15-10(8)18-5-4-17-3-2-13-9(17)7-18/h2-3,6H,4-5,7,12H2,1H3,(H,14,15,16). The molecular weight excluding hydrogens is 230 g/mol. The fourth-order valence-corrected chi connectivity index (χ4v) is 2.18. The number of rotatable bonds is 2. The van der Waals surface area contributed by atoms with Crippen molar-refractivity contribution in [1.82, 2.24) is 19.5 Å². The average molecular weight is 245 g/mol. The lowest BCUT2D eigenvalue weighted by Crippen LogP contribution is -2.34. The van der Waals surface area contributed by atoms with E-state index in [0.717, 1.165) is 36.8 Å². The molecule has 0 saturated carbocycles. The third-order valence-corrected chi connectivity index (χ3v) is 3.12. The minimum absolute atomic E-state index is 0.435. The van der Waals surface area contributed by atoms with Crippen molar-refractivity contribution in [2.75, 3.05) is 16.9 Å². The second kappa shape index (κ2) is 4.26. The summed E-state index contributed by atoms with van der Waals surface area (Å²) in [7, 11) is 0. The van der Waals surface area contributed by atoms with Crippen molar-refractivity contribution in [3.63, 3.8) is 0 Å². The summed E-state index contributed by atoms with van der Waals surface area (Å²) in [5, 5.41) is 0. The van der Waals surface area contributed by atoms with Gasteiger partial charge in [-0.05, 0) is 6.92 Å². The van der Waals surface area contributed by atoms with Gasteiger partial charge in [-0.2, -0.15) is 4.98 Å². The molecule has 0 spiro atoms. The van der Waals surface area contributed by atoms with Crippen molar-refractivity contribution in [1.29, 1.82) is 0 Å². The zero-order valence-corrected chi connectivity index (χ0v) is 10.2. The van der Waals surface area contributed by atoms with Gasteiger partial charge in [0.25, 0.3) is 0 Å². The molecule has 2 aromatic heterocycles. The lowest BCUT2D eigenvalue weighted by Gasteiger charge is -2.29. The highest BCUT2D eigenvalue weighted by Gasteiger charge is 2.19. The summed E-state index contributed by atoms with van der Waals surface area (Å²) in [4.78, 5) is 15.0. The van der Waals surface area contributed by atoms with Crippen LogP contribution in [0.3, 0.4) is 0 Å². The molecule has 1 aliphatic rings. The van der Waals surface area contributed by atoms with Gasteiger partial charge >= 0.3 is 0 Å². The van der Waals surface area contributed by atoms with Crippen molar-refractivity contribution < 1.29 is 0 Å². The molecule has 0 aromatic carbocycles. The predicted molar refractivity (Wildman–Crippen MR) is 67.9 cm³/mol. The number of fused-ring (bicyclic) bond motifs is 1. The first kappa shape index (κ1) is 11.0. The second-order valence-corrected chi connectivity index (χ2v) is 4.30. The quantitative estimate of drug-likeness (QED) is 0.584. The Labute approximate surface area is 105 Å². The van der Waals surface area contributed by atoms with E-state index >= 15 is 0 Å². The van der Waals surface area contributed by atoms with Gasteiger partial charge in [-0.3, -0.25) is 5.43 Å².